The Bertz CT molecular complexity index is 220. The first kappa shape index (κ1) is 13.3. The quantitative estimate of drug-likeness (QED) is 0.801. The first-order valence-corrected chi connectivity index (χ1v) is 7.18. The van der Waals surface area contributed by atoms with E-state index in [0.717, 1.165) is 19.8 Å². The van der Waals surface area contributed by atoms with Crippen LogP contribution in [-0.2, 0) is 9.47 Å². The van der Waals surface area contributed by atoms with E-state index in [1.807, 2.05) is 7.11 Å². The molecule has 0 aromatic heterocycles. The maximum Gasteiger partial charge on any atom is 0.0834 e. The summed E-state index contributed by atoms with van der Waals surface area (Å²) in [5.41, 5.74) is 0.0708. The summed E-state index contributed by atoms with van der Waals surface area (Å²) in [7, 11) is 1.89. The smallest absolute Gasteiger partial charge is 0.0834 e. The molecule has 0 amide bonds. The highest BCUT2D eigenvalue weighted by Gasteiger charge is 2.45. The summed E-state index contributed by atoms with van der Waals surface area (Å²) in [4.78, 5) is 0. The third kappa shape index (κ3) is 2.83. The fraction of sp³-hybridized carbons (Fsp3) is 1.00. The van der Waals surface area contributed by atoms with Gasteiger partial charge in [0.05, 0.1) is 12.2 Å². The van der Waals surface area contributed by atoms with Crippen molar-refractivity contribution in [3.63, 3.8) is 0 Å². The molecule has 0 radical (unpaired) electrons. The molecular weight excluding hydrogens is 214 g/mol. The van der Waals surface area contributed by atoms with E-state index >= 15 is 0 Å². The molecule has 2 aliphatic rings. The van der Waals surface area contributed by atoms with E-state index in [4.69, 9.17) is 9.47 Å². The van der Waals surface area contributed by atoms with Gasteiger partial charge in [-0.25, -0.2) is 0 Å². The van der Waals surface area contributed by atoms with Crippen molar-refractivity contribution in [3.8, 4) is 0 Å². The minimum absolute atomic E-state index is 0.0708. The number of ether oxygens (including phenoxy) is 2. The molecule has 0 spiro atoms. The molecular formula is C14H27NO2. The normalized spacial score (nSPS) is 30.4. The molecule has 1 heterocycles. The fourth-order valence-corrected chi connectivity index (χ4v) is 3.65. The Morgan fingerprint density at radius 1 is 1.35 bits per heavy atom. The highest BCUT2D eigenvalue weighted by molar-refractivity contribution is 5.00. The van der Waals surface area contributed by atoms with Crippen LogP contribution in [0.15, 0.2) is 0 Å². The molecule has 17 heavy (non-hydrogen) atoms. The van der Waals surface area contributed by atoms with Crippen LogP contribution in [0.2, 0.25) is 0 Å². The van der Waals surface area contributed by atoms with Crippen LogP contribution in [0, 0.1) is 5.92 Å². The van der Waals surface area contributed by atoms with Crippen LogP contribution in [0.4, 0.5) is 0 Å². The SMILES string of the molecule is CCNC(C1CCCOC1)C1(OC)CCCC1. The molecule has 0 aromatic carbocycles. The van der Waals surface area contributed by atoms with Crippen LogP contribution in [0.25, 0.3) is 0 Å². The number of hydrogen-bond donors (Lipinski definition) is 1. The van der Waals surface area contributed by atoms with Gasteiger partial charge in [-0.2, -0.15) is 0 Å². The van der Waals surface area contributed by atoms with Crippen molar-refractivity contribution in [2.45, 2.75) is 57.1 Å². The lowest BCUT2D eigenvalue weighted by molar-refractivity contribution is -0.0742. The van der Waals surface area contributed by atoms with Crippen molar-refractivity contribution in [2.75, 3.05) is 26.9 Å². The molecule has 1 N–H and O–H groups in total. The first-order valence-electron chi connectivity index (χ1n) is 7.18. The number of nitrogens with one attached hydrogen (secondary N) is 1. The zero-order valence-electron chi connectivity index (χ0n) is 11.3. The average molecular weight is 241 g/mol. The van der Waals surface area contributed by atoms with Gasteiger partial charge in [-0.3, -0.25) is 0 Å². The van der Waals surface area contributed by atoms with Crippen LogP contribution < -0.4 is 5.32 Å². The third-order valence-electron chi connectivity index (χ3n) is 4.51. The molecule has 2 fully saturated rings. The number of rotatable bonds is 5. The van der Waals surface area contributed by atoms with E-state index in [1.165, 1.54) is 38.5 Å². The van der Waals surface area contributed by atoms with Crippen molar-refractivity contribution >= 4 is 0 Å². The summed E-state index contributed by atoms with van der Waals surface area (Å²) in [6.07, 6.45) is 7.51. The minimum atomic E-state index is 0.0708. The molecule has 1 saturated heterocycles. The summed E-state index contributed by atoms with van der Waals surface area (Å²) >= 11 is 0. The molecule has 0 bridgehead atoms. The van der Waals surface area contributed by atoms with Crippen LogP contribution in [0.1, 0.15) is 45.4 Å². The summed E-state index contributed by atoms with van der Waals surface area (Å²) in [6.45, 7) is 5.05. The highest BCUT2D eigenvalue weighted by Crippen LogP contribution is 2.39. The minimum Gasteiger partial charge on any atom is -0.381 e. The van der Waals surface area contributed by atoms with Gasteiger partial charge < -0.3 is 14.8 Å². The standard InChI is InChI=1S/C14H27NO2/c1-3-15-13(12-7-6-10-17-11-12)14(16-2)8-4-5-9-14/h12-13,15H,3-11H2,1-2H3. The van der Waals surface area contributed by atoms with Gasteiger partial charge in [-0.15, -0.1) is 0 Å². The van der Waals surface area contributed by atoms with E-state index in [-0.39, 0.29) is 5.60 Å². The molecule has 3 heteroatoms. The second kappa shape index (κ2) is 6.17. The van der Waals surface area contributed by atoms with Crippen LogP contribution in [0.5, 0.6) is 0 Å². The highest BCUT2D eigenvalue weighted by atomic mass is 16.5. The Balaban J connectivity index is 2.08. The molecule has 2 unspecified atom stereocenters. The zero-order valence-corrected chi connectivity index (χ0v) is 11.3. The van der Waals surface area contributed by atoms with E-state index < -0.39 is 0 Å². The maximum absolute atomic E-state index is 5.95. The van der Waals surface area contributed by atoms with Crippen molar-refractivity contribution in [3.05, 3.63) is 0 Å². The van der Waals surface area contributed by atoms with Crippen molar-refractivity contribution in [2.24, 2.45) is 5.92 Å². The number of methoxy groups -OCH3 is 1. The second-order valence-electron chi connectivity index (χ2n) is 5.49. The molecule has 100 valence electrons. The third-order valence-corrected chi connectivity index (χ3v) is 4.51. The lowest BCUT2D eigenvalue weighted by atomic mass is 9.80. The molecule has 1 saturated carbocycles. The van der Waals surface area contributed by atoms with Gasteiger partial charge >= 0.3 is 0 Å². The topological polar surface area (TPSA) is 30.5 Å². The van der Waals surface area contributed by atoms with Gasteiger partial charge in [-0.1, -0.05) is 19.8 Å². The lowest BCUT2D eigenvalue weighted by Gasteiger charge is -2.42. The molecule has 1 aliphatic carbocycles. The monoisotopic (exact) mass is 241 g/mol. The lowest BCUT2D eigenvalue weighted by Crippen LogP contribution is -2.56. The van der Waals surface area contributed by atoms with Crippen molar-refractivity contribution in [1.82, 2.24) is 5.32 Å². The number of hydrogen-bond acceptors (Lipinski definition) is 3. The Hall–Kier alpha value is -0.120. The largest absolute Gasteiger partial charge is 0.381 e. The van der Waals surface area contributed by atoms with E-state index in [2.05, 4.69) is 12.2 Å². The van der Waals surface area contributed by atoms with Gasteiger partial charge in [-0.05, 0) is 32.2 Å². The molecule has 2 rings (SSSR count). The predicted molar refractivity (Wildman–Crippen MR) is 69.2 cm³/mol. The Morgan fingerprint density at radius 2 is 2.12 bits per heavy atom. The van der Waals surface area contributed by atoms with E-state index in [0.29, 0.717) is 12.0 Å². The summed E-state index contributed by atoms with van der Waals surface area (Å²) in [5.74, 6) is 0.627. The van der Waals surface area contributed by atoms with Crippen LogP contribution in [0.3, 0.4) is 0 Å². The van der Waals surface area contributed by atoms with Crippen molar-refractivity contribution < 1.29 is 9.47 Å². The molecule has 3 nitrogen and oxygen atoms in total. The van der Waals surface area contributed by atoms with Gasteiger partial charge in [0.1, 0.15) is 0 Å². The van der Waals surface area contributed by atoms with Gasteiger partial charge in [0, 0.05) is 25.7 Å². The maximum atomic E-state index is 5.95. The Labute approximate surface area is 105 Å². The second-order valence-corrected chi connectivity index (χ2v) is 5.49. The van der Waals surface area contributed by atoms with Crippen LogP contribution >= 0.6 is 0 Å². The Kier molecular flexibility index (Phi) is 4.83. The van der Waals surface area contributed by atoms with E-state index in [9.17, 15) is 0 Å². The van der Waals surface area contributed by atoms with Gasteiger partial charge in [0.25, 0.3) is 0 Å². The molecule has 2 atom stereocenters. The summed E-state index contributed by atoms with van der Waals surface area (Å²) in [6, 6.07) is 0.472. The summed E-state index contributed by atoms with van der Waals surface area (Å²) in [5, 5.41) is 3.68. The first-order chi connectivity index (χ1) is 8.32. The molecule has 1 aliphatic heterocycles. The number of likely N-dealkylation sites (N-methyl/N-ethyl adjacent to an activating group) is 1. The molecule has 0 aromatic rings. The fourth-order valence-electron chi connectivity index (χ4n) is 3.65. The average Bonchev–Trinajstić information content (AvgIpc) is 2.87. The zero-order chi connectivity index (χ0) is 12.1. The van der Waals surface area contributed by atoms with E-state index in [1.54, 1.807) is 0 Å². The van der Waals surface area contributed by atoms with Gasteiger partial charge in [0.15, 0.2) is 0 Å². The summed E-state index contributed by atoms with van der Waals surface area (Å²) < 4.78 is 11.6. The predicted octanol–water partition coefficient (Wildman–Crippen LogP) is 2.35. The van der Waals surface area contributed by atoms with Gasteiger partial charge in [0.2, 0.25) is 0 Å². The van der Waals surface area contributed by atoms with Crippen molar-refractivity contribution in [1.29, 1.82) is 0 Å². The van der Waals surface area contributed by atoms with Crippen LogP contribution in [-0.4, -0.2) is 38.5 Å². The Morgan fingerprint density at radius 3 is 2.65 bits per heavy atom.